The van der Waals surface area contributed by atoms with Gasteiger partial charge in [-0.05, 0) is 19.8 Å². The maximum atomic E-state index is 5.49. The van der Waals surface area contributed by atoms with Crippen LogP contribution in [0.5, 0.6) is 0 Å². The summed E-state index contributed by atoms with van der Waals surface area (Å²) in [7, 11) is 0. The van der Waals surface area contributed by atoms with E-state index in [1.54, 1.807) is 0 Å². The number of hydrogen-bond donors (Lipinski definition) is 3. The lowest BCUT2D eigenvalue weighted by Crippen LogP contribution is -2.15. The lowest BCUT2D eigenvalue weighted by Gasteiger charge is -2.13. The second kappa shape index (κ2) is 7.87. The fourth-order valence-corrected chi connectivity index (χ4v) is 1.79. The molecule has 0 fully saturated rings. The molecule has 1 aromatic heterocycles. The minimum atomic E-state index is 0.714. The Labute approximate surface area is 110 Å². The van der Waals surface area contributed by atoms with Gasteiger partial charge in [-0.3, -0.25) is 0 Å². The van der Waals surface area contributed by atoms with Gasteiger partial charge >= 0.3 is 0 Å². The van der Waals surface area contributed by atoms with Crippen molar-refractivity contribution in [2.45, 2.75) is 52.9 Å². The van der Waals surface area contributed by atoms with Gasteiger partial charge in [0, 0.05) is 18.5 Å². The third-order valence-electron chi connectivity index (χ3n) is 2.88. The zero-order valence-electron chi connectivity index (χ0n) is 11.7. The van der Waals surface area contributed by atoms with E-state index in [1.807, 2.05) is 6.92 Å². The molecule has 0 aliphatic rings. The van der Waals surface area contributed by atoms with Crippen LogP contribution in [0.3, 0.4) is 0 Å². The predicted molar refractivity (Wildman–Crippen MR) is 76.6 cm³/mol. The van der Waals surface area contributed by atoms with Gasteiger partial charge in [-0.25, -0.2) is 15.8 Å². The molecule has 5 nitrogen and oxygen atoms in total. The molecule has 0 aliphatic heterocycles. The molecule has 0 aliphatic carbocycles. The molecule has 1 rings (SSSR count). The van der Waals surface area contributed by atoms with E-state index >= 15 is 0 Å². The topological polar surface area (TPSA) is 75.9 Å². The Kier molecular flexibility index (Phi) is 6.43. The van der Waals surface area contributed by atoms with E-state index < -0.39 is 0 Å². The first-order valence-corrected chi connectivity index (χ1v) is 6.80. The number of anilines is 2. The summed E-state index contributed by atoms with van der Waals surface area (Å²) in [6, 6.07) is 0. The molecule has 0 bridgehead atoms. The molecule has 1 heterocycles. The number of aryl methyl sites for hydroxylation is 1. The van der Waals surface area contributed by atoms with E-state index in [0.29, 0.717) is 5.82 Å². The van der Waals surface area contributed by atoms with Crippen molar-refractivity contribution in [2.75, 3.05) is 17.3 Å². The molecule has 0 aromatic carbocycles. The van der Waals surface area contributed by atoms with Crippen molar-refractivity contribution in [3.63, 3.8) is 0 Å². The van der Waals surface area contributed by atoms with Crippen molar-refractivity contribution in [3.8, 4) is 0 Å². The molecule has 0 saturated carbocycles. The number of aromatic nitrogens is 2. The highest BCUT2D eigenvalue weighted by molar-refractivity contribution is 5.56. The van der Waals surface area contributed by atoms with Gasteiger partial charge < -0.3 is 10.7 Å². The highest BCUT2D eigenvalue weighted by atomic mass is 15.3. The Morgan fingerprint density at radius 2 is 1.78 bits per heavy atom. The monoisotopic (exact) mass is 251 g/mol. The van der Waals surface area contributed by atoms with Crippen molar-refractivity contribution in [2.24, 2.45) is 5.84 Å². The highest BCUT2D eigenvalue weighted by Gasteiger charge is 2.09. The third-order valence-corrected chi connectivity index (χ3v) is 2.88. The quantitative estimate of drug-likeness (QED) is 0.376. The first-order valence-electron chi connectivity index (χ1n) is 6.80. The van der Waals surface area contributed by atoms with Gasteiger partial charge in [0.05, 0.1) is 0 Å². The number of nitrogens with two attached hydrogens (primary N) is 1. The summed E-state index contributed by atoms with van der Waals surface area (Å²) < 4.78 is 0. The molecule has 0 amide bonds. The Bertz CT molecular complexity index is 365. The minimum absolute atomic E-state index is 0.714. The van der Waals surface area contributed by atoms with Gasteiger partial charge in [-0.15, -0.1) is 0 Å². The fraction of sp³-hybridized carbons (Fsp3) is 0.692. The van der Waals surface area contributed by atoms with E-state index in [0.717, 1.165) is 43.0 Å². The molecule has 0 atom stereocenters. The summed E-state index contributed by atoms with van der Waals surface area (Å²) in [5, 5.41) is 3.37. The normalized spacial score (nSPS) is 10.4. The van der Waals surface area contributed by atoms with Crippen LogP contribution in [0.15, 0.2) is 0 Å². The van der Waals surface area contributed by atoms with Gasteiger partial charge in [-0.1, -0.05) is 26.7 Å². The van der Waals surface area contributed by atoms with Gasteiger partial charge in [0.1, 0.15) is 17.5 Å². The standard InChI is InChI=1S/C13H25N5/c1-4-6-7-9-15-12-10(3)13(18-14)17-11(16-12)8-5-2/h4-9,14H2,1-3H3,(H2,15,16,17,18). The lowest BCUT2D eigenvalue weighted by molar-refractivity contribution is 0.740. The number of nitrogens with one attached hydrogen (secondary N) is 2. The molecule has 0 unspecified atom stereocenters. The fourth-order valence-electron chi connectivity index (χ4n) is 1.79. The van der Waals surface area contributed by atoms with Crippen LogP contribution in [0.4, 0.5) is 11.6 Å². The first-order chi connectivity index (χ1) is 8.72. The maximum absolute atomic E-state index is 5.49. The molecule has 0 spiro atoms. The predicted octanol–water partition coefficient (Wildman–Crippen LogP) is 2.63. The number of nitrogen functional groups attached to an aromatic ring is 1. The number of unbranched alkanes of at least 4 members (excludes halogenated alkanes) is 2. The summed E-state index contributed by atoms with van der Waals surface area (Å²) >= 11 is 0. The SMILES string of the molecule is CCCCCNc1nc(CCC)nc(NN)c1C. The van der Waals surface area contributed by atoms with E-state index in [1.165, 1.54) is 12.8 Å². The molecule has 0 radical (unpaired) electrons. The van der Waals surface area contributed by atoms with E-state index in [2.05, 4.69) is 34.6 Å². The van der Waals surface area contributed by atoms with Crippen LogP contribution in [-0.2, 0) is 6.42 Å². The van der Waals surface area contributed by atoms with Crippen molar-refractivity contribution in [1.29, 1.82) is 0 Å². The van der Waals surface area contributed by atoms with Crippen LogP contribution in [0.25, 0.3) is 0 Å². The molecule has 4 N–H and O–H groups in total. The second-order valence-electron chi connectivity index (χ2n) is 4.49. The largest absolute Gasteiger partial charge is 0.370 e. The van der Waals surface area contributed by atoms with Crippen LogP contribution < -0.4 is 16.6 Å². The molecule has 18 heavy (non-hydrogen) atoms. The summed E-state index contributed by atoms with van der Waals surface area (Å²) in [4.78, 5) is 8.95. The smallest absolute Gasteiger partial charge is 0.148 e. The van der Waals surface area contributed by atoms with E-state index in [9.17, 15) is 0 Å². The van der Waals surface area contributed by atoms with Crippen LogP contribution in [0.2, 0.25) is 0 Å². The maximum Gasteiger partial charge on any atom is 0.148 e. The number of hydrazine groups is 1. The van der Waals surface area contributed by atoms with Crippen molar-refractivity contribution < 1.29 is 0 Å². The molecular weight excluding hydrogens is 226 g/mol. The molecule has 5 heteroatoms. The van der Waals surface area contributed by atoms with E-state index in [4.69, 9.17) is 5.84 Å². The average Bonchev–Trinajstić information content (AvgIpc) is 2.38. The highest BCUT2D eigenvalue weighted by Crippen LogP contribution is 2.19. The third kappa shape index (κ3) is 4.14. The Morgan fingerprint density at radius 3 is 2.39 bits per heavy atom. The van der Waals surface area contributed by atoms with Crippen LogP contribution in [0, 0.1) is 6.92 Å². The summed E-state index contributed by atoms with van der Waals surface area (Å²) in [5.74, 6) is 7.95. The Balaban J connectivity index is 2.77. The molecule has 1 aromatic rings. The average molecular weight is 251 g/mol. The van der Waals surface area contributed by atoms with Crippen molar-refractivity contribution >= 4 is 11.6 Å². The second-order valence-corrected chi connectivity index (χ2v) is 4.49. The van der Waals surface area contributed by atoms with Crippen LogP contribution in [-0.4, -0.2) is 16.5 Å². The van der Waals surface area contributed by atoms with E-state index in [-0.39, 0.29) is 0 Å². The Hall–Kier alpha value is -1.36. The van der Waals surface area contributed by atoms with Crippen molar-refractivity contribution in [1.82, 2.24) is 9.97 Å². The zero-order valence-corrected chi connectivity index (χ0v) is 11.7. The summed E-state index contributed by atoms with van der Waals surface area (Å²) in [5.41, 5.74) is 3.63. The number of rotatable bonds is 8. The molecule has 102 valence electrons. The zero-order chi connectivity index (χ0) is 13.4. The summed E-state index contributed by atoms with van der Waals surface area (Å²) in [6.45, 7) is 7.24. The lowest BCUT2D eigenvalue weighted by atomic mass is 10.2. The van der Waals surface area contributed by atoms with Gasteiger partial charge in [-0.2, -0.15) is 0 Å². The molecule has 0 saturated heterocycles. The molecular formula is C13H25N5. The van der Waals surface area contributed by atoms with Crippen LogP contribution in [0.1, 0.15) is 50.9 Å². The van der Waals surface area contributed by atoms with Gasteiger partial charge in [0.2, 0.25) is 0 Å². The van der Waals surface area contributed by atoms with Crippen molar-refractivity contribution in [3.05, 3.63) is 11.4 Å². The number of nitrogens with zero attached hydrogens (tertiary/aromatic N) is 2. The van der Waals surface area contributed by atoms with Gasteiger partial charge in [0.25, 0.3) is 0 Å². The van der Waals surface area contributed by atoms with Crippen LogP contribution >= 0.6 is 0 Å². The summed E-state index contributed by atoms with van der Waals surface area (Å²) in [6.07, 6.45) is 5.53. The first kappa shape index (κ1) is 14.7. The van der Waals surface area contributed by atoms with Gasteiger partial charge in [0.15, 0.2) is 0 Å². The number of hydrogen-bond acceptors (Lipinski definition) is 5. The Morgan fingerprint density at radius 1 is 1.06 bits per heavy atom. The minimum Gasteiger partial charge on any atom is -0.370 e.